The van der Waals surface area contributed by atoms with Gasteiger partial charge in [0, 0.05) is 11.3 Å². The van der Waals surface area contributed by atoms with E-state index in [1.54, 1.807) is 6.07 Å². The van der Waals surface area contributed by atoms with Gasteiger partial charge in [0.15, 0.2) is 0 Å². The number of carboxylic acids is 1. The van der Waals surface area contributed by atoms with Crippen LogP contribution in [0.5, 0.6) is 0 Å². The molecule has 1 N–H and O–H groups in total. The van der Waals surface area contributed by atoms with Gasteiger partial charge in [0.25, 0.3) is 0 Å². The second-order valence-electron chi connectivity index (χ2n) is 7.77. The predicted octanol–water partition coefficient (Wildman–Crippen LogP) is 6.71. The van der Waals surface area contributed by atoms with Crippen molar-refractivity contribution in [1.82, 2.24) is 0 Å². The second-order valence-corrected chi connectivity index (χ2v) is 8.82. The standard InChI is InChI=1S/C24H22F3NO3S/c1-15(2)12-21(29)28(14-16-8-10-18(11-9-16)24(25,26)27)19-13-20(32-22(19)23(30)31)17-6-4-3-5-7-17/h3-11,13,15H,12,14H2,1-2H3,(H,30,31). The van der Waals surface area contributed by atoms with Gasteiger partial charge >= 0.3 is 12.1 Å². The van der Waals surface area contributed by atoms with Gasteiger partial charge in [-0.25, -0.2) is 4.79 Å². The molecule has 3 aromatic rings. The lowest BCUT2D eigenvalue weighted by molar-refractivity contribution is -0.137. The number of hydrogen-bond donors (Lipinski definition) is 1. The Labute approximate surface area is 187 Å². The third-order valence-corrected chi connectivity index (χ3v) is 5.92. The molecule has 0 bridgehead atoms. The van der Waals surface area contributed by atoms with Crippen LogP contribution in [0.4, 0.5) is 18.9 Å². The third kappa shape index (κ3) is 5.56. The van der Waals surface area contributed by atoms with Crippen molar-refractivity contribution in [3.63, 3.8) is 0 Å². The molecule has 3 rings (SSSR count). The van der Waals surface area contributed by atoms with E-state index in [-0.39, 0.29) is 35.4 Å². The van der Waals surface area contributed by atoms with Crippen LogP contribution in [-0.4, -0.2) is 17.0 Å². The molecule has 0 aliphatic carbocycles. The molecule has 0 atom stereocenters. The summed E-state index contributed by atoms with van der Waals surface area (Å²) in [4.78, 5) is 27.1. The number of nitrogens with zero attached hydrogens (tertiary/aromatic N) is 1. The molecule has 8 heteroatoms. The molecule has 2 aromatic carbocycles. The number of aromatic carboxylic acids is 1. The minimum absolute atomic E-state index is 0.00729. The summed E-state index contributed by atoms with van der Waals surface area (Å²) in [5, 5.41) is 9.78. The van der Waals surface area contributed by atoms with Gasteiger partial charge in [0.1, 0.15) is 4.88 Å². The van der Waals surface area contributed by atoms with Gasteiger partial charge in [-0.15, -0.1) is 11.3 Å². The summed E-state index contributed by atoms with van der Waals surface area (Å²) in [6.07, 6.45) is -4.28. The number of benzene rings is 2. The summed E-state index contributed by atoms with van der Waals surface area (Å²) in [5.74, 6) is -1.43. The fraction of sp³-hybridized carbons (Fsp3) is 0.250. The van der Waals surface area contributed by atoms with Gasteiger partial charge < -0.3 is 10.0 Å². The number of thiophene rings is 1. The Bertz CT molecular complexity index is 1090. The van der Waals surface area contributed by atoms with E-state index in [9.17, 15) is 27.9 Å². The average molecular weight is 462 g/mol. The van der Waals surface area contributed by atoms with E-state index >= 15 is 0 Å². The van der Waals surface area contributed by atoms with Crippen molar-refractivity contribution < 1.29 is 27.9 Å². The van der Waals surface area contributed by atoms with E-state index in [1.165, 1.54) is 17.0 Å². The van der Waals surface area contributed by atoms with Crippen molar-refractivity contribution in [2.45, 2.75) is 33.0 Å². The van der Waals surface area contributed by atoms with Crippen LogP contribution in [0.2, 0.25) is 0 Å². The minimum Gasteiger partial charge on any atom is -0.477 e. The Balaban J connectivity index is 2.03. The van der Waals surface area contributed by atoms with E-state index in [2.05, 4.69) is 0 Å². The van der Waals surface area contributed by atoms with E-state index in [4.69, 9.17) is 0 Å². The Morgan fingerprint density at radius 1 is 1.03 bits per heavy atom. The van der Waals surface area contributed by atoms with Gasteiger partial charge in [-0.05, 0) is 35.2 Å². The molecule has 0 aliphatic heterocycles. The highest BCUT2D eigenvalue weighted by atomic mass is 32.1. The first-order valence-electron chi connectivity index (χ1n) is 9.95. The molecule has 32 heavy (non-hydrogen) atoms. The number of hydrogen-bond acceptors (Lipinski definition) is 3. The predicted molar refractivity (Wildman–Crippen MR) is 119 cm³/mol. The highest BCUT2D eigenvalue weighted by molar-refractivity contribution is 7.18. The van der Waals surface area contributed by atoms with E-state index in [0.29, 0.717) is 10.4 Å². The third-order valence-electron chi connectivity index (χ3n) is 4.76. The van der Waals surface area contributed by atoms with E-state index < -0.39 is 17.7 Å². The molecule has 1 amide bonds. The van der Waals surface area contributed by atoms with Crippen molar-refractivity contribution in [3.05, 3.63) is 76.7 Å². The van der Waals surface area contributed by atoms with Crippen LogP contribution in [-0.2, 0) is 17.5 Å². The molecule has 1 aromatic heterocycles. The topological polar surface area (TPSA) is 57.6 Å². The summed E-state index contributed by atoms with van der Waals surface area (Å²) in [7, 11) is 0. The number of alkyl halides is 3. The fourth-order valence-corrected chi connectivity index (χ4v) is 4.23. The summed E-state index contributed by atoms with van der Waals surface area (Å²) < 4.78 is 38.7. The van der Waals surface area contributed by atoms with Crippen molar-refractivity contribution in [1.29, 1.82) is 0 Å². The maximum Gasteiger partial charge on any atom is 0.416 e. The van der Waals surface area contributed by atoms with Crippen LogP contribution >= 0.6 is 11.3 Å². The second kappa shape index (κ2) is 9.56. The highest BCUT2D eigenvalue weighted by Gasteiger charge is 2.30. The first kappa shape index (κ1) is 23.5. The Morgan fingerprint density at radius 2 is 1.66 bits per heavy atom. The number of carboxylic acid groups (broad SMARTS) is 1. The first-order valence-corrected chi connectivity index (χ1v) is 10.8. The van der Waals surface area contributed by atoms with Gasteiger partial charge in [-0.2, -0.15) is 13.2 Å². The monoisotopic (exact) mass is 461 g/mol. The molecule has 0 aliphatic rings. The smallest absolute Gasteiger partial charge is 0.416 e. The molecule has 0 saturated carbocycles. The van der Waals surface area contributed by atoms with Crippen LogP contribution in [0.25, 0.3) is 10.4 Å². The zero-order chi connectivity index (χ0) is 23.5. The zero-order valence-electron chi connectivity index (χ0n) is 17.5. The number of anilines is 1. The number of halogens is 3. The van der Waals surface area contributed by atoms with Crippen molar-refractivity contribution in [3.8, 4) is 10.4 Å². The molecule has 1 heterocycles. The maximum absolute atomic E-state index is 13.1. The Hall–Kier alpha value is -3.13. The largest absolute Gasteiger partial charge is 0.477 e. The fourth-order valence-electron chi connectivity index (χ4n) is 3.23. The van der Waals surface area contributed by atoms with E-state index in [1.807, 2.05) is 44.2 Å². The summed E-state index contributed by atoms with van der Waals surface area (Å²) in [6, 6.07) is 15.4. The van der Waals surface area contributed by atoms with Crippen LogP contribution in [0, 0.1) is 5.92 Å². The SMILES string of the molecule is CC(C)CC(=O)N(Cc1ccc(C(F)(F)F)cc1)c1cc(-c2ccccc2)sc1C(=O)O. The molecular formula is C24H22F3NO3S. The summed E-state index contributed by atoms with van der Waals surface area (Å²) >= 11 is 1.06. The Morgan fingerprint density at radius 3 is 2.19 bits per heavy atom. The van der Waals surface area contributed by atoms with E-state index in [0.717, 1.165) is 29.0 Å². The Kier molecular flexibility index (Phi) is 7.03. The van der Waals surface area contributed by atoms with Gasteiger partial charge in [-0.3, -0.25) is 4.79 Å². The lowest BCUT2D eigenvalue weighted by Crippen LogP contribution is -2.32. The van der Waals surface area contributed by atoms with Crippen molar-refractivity contribution >= 4 is 28.9 Å². The van der Waals surface area contributed by atoms with Crippen LogP contribution in [0.15, 0.2) is 60.7 Å². The zero-order valence-corrected chi connectivity index (χ0v) is 18.3. The molecule has 0 radical (unpaired) electrons. The average Bonchev–Trinajstić information content (AvgIpc) is 3.17. The van der Waals surface area contributed by atoms with Gasteiger partial charge in [0.05, 0.1) is 17.8 Å². The summed E-state index contributed by atoms with van der Waals surface area (Å²) in [5.41, 5.74) is 0.747. The molecule has 4 nitrogen and oxygen atoms in total. The minimum atomic E-state index is -4.46. The quantitative estimate of drug-likeness (QED) is 0.425. The molecule has 0 spiro atoms. The molecule has 0 fully saturated rings. The lowest BCUT2D eigenvalue weighted by atomic mass is 10.1. The number of rotatable bonds is 7. The number of amides is 1. The first-order chi connectivity index (χ1) is 15.1. The van der Waals surface area contributed by atoms with Crippen LogP contribution in [0.3, 0.4) is 0 Å². The van der Waals surface area contributed by atoms with Gasteiger partial charge in [0.2, 0.25) is 5.91 Å². The number of carbonyl (C=O) groups is 2. The van der Waals surface area contributed by atoms with Gasteiger partial charge in [-0.1, -0.05) is 56.3 Å². The highest BCUT2D eigenvalue weighted by Crippen LogP contribution is 2.38. The number of carbonyl (C=O) groups excluding carboxylic acids is 1. The lowest BCUT2D eigenvalue weighted by Gasteiger charge is -2.24. The molecular weight excluding hydrogens is 439 g/mol. The maximum atomic E-state index is 13.1. The van der Waals surface area contributed by atoms with Crippen molar-refractivity contribution in [2.24, 2.45) is 5.92 Å². The van der Waals surface area contributed by atoms with Crippen LogP contribution in [0.1, 0.15) is 41.1 Å². The molecule has 0 saturated heterocycles. The normalized spacial score (nSPS) is 11.6. The summed E-state index contributed by atoms with van der Waals surface area (Å²) in [6.45, 7) is 3.71. The molecule has 168 valence electrons. The van der Waals surface area contributed by atoms with Crippen LogP contribution < -0.4 is 4.90 Å². The van der Waals surface area contributed by atoms with Crippen molar-refractivity contribution in [2.75, 3.05) is 4.90 Å². The molecule has 0 unspecified atom stereocenters.